The SMILES string of the molecule is COCC1CCCN(c2nnccc2C(N)=S)C1. The number of methoxy groups -OCH3 is 1. The first-order valence-electron chi connectivity index (χ1n) is 6.07. The van der Waals surface area contributed by atoms with Crippen LogP contribution in [0.4, 0.5) is 5.82 Å². The van der Waals surface area contributed by atoms with Crippen molar-refractivity contribution in [2.45, 2.75) is 12.8 Å². The van der Waals surface area contributed by atoms with E-state index in [1.54, 1.807) is 13.3 Å². The zero-order chi connectivity index (χ0) is 13.0. The molecular weight excluding hydrogens is 248 g/mol. The molecule has 0 amide bonds. The van der Waals surface area contributed by atoms with Crippen molar-refractivity contribution in [2.24, 2.45) is 11.7 Å². The van der Waals surface area contributed by atoms with Crippen LogP contribution >= 0.6 is 12.2 Å². The number of hydrogen-bond acceptors (Lipinski definition) is 5. The van der Waals surface area contributed by atoms with Crippen LogP contribution in [-0.2, 0) is 4.74 Å². The van der Waals surface area contributed by atoms with Crippen LogP contribution in [-0.4, -0.2) is 42.0 Å². The van der Waals surface area contributed by atoms with Crippen molar-refractivity contribution < 1.29 is 4.74 Å². The average molecular weight is 266 g/mol. The van der Waals surface area contributed by atoms with Gasteiger partial charge in [0.1, 0.15) is 4.99 Å². The van der Waals surface area contributed by atoms with Gasteiger partial charge < -0.3 is 15.4 Å². The molecule has 1 aliphatic heterocycles. The number of anilines is 1. The second-order valence-corrected chi connectivity index (χ2v) is 4.98. The minimum absolute atomic E-state index is 0.369. The number of hydrogen-bond donors (Lipinski definition) is 1. The number of thiocarbonyl (C=S) groups is 1. The number of ether oxygens (including phenoxy) is 1. The van der Waals surface area contributed by atoms with Gasteiger partial charge in [0.2, 0.25) is 0 Å². The van der Waals surface area contributed by atoms with E-state index >= 15 is 0 Å². The van der Waals surface area contributed by atoms with Crippen molar-refractivity contribution >= 4 is 23.0 Å². The molecule has 1 aromatic heterocycles. The summed E-state index contributed by atoms with van der Waals surface area (Å²) in [6, 6.07) is 1.82. The van der Waals surface area contributed by atoms with Crippen LogP contribution in [0.5, 0.6) is 0 Å². The lowest BCUT2D eigenvalue weighted by Crippen LogP contribution is -2.38. The number of piperidine rings is 1. The minimum atomic E-state index is 0.369. The largest absolute Gasteiger partial charge is 0.389 e. The van der Waals surface area contributed by atoms with Gasteiger partial charge in [-0.2, -0.15) is 5.10 Å². The van der Waals surface area contributed by atoms with E-state index in [-0.39, 0.29) is 0 Å². The van der Waals surface area contributed by atoms with Gasteiger partial charge in [-0.3, -0.25) is 0 Å². The maximum Gasteiger partial charge on any atom is 0.161 e. The molecule has 1 unspecified atom stereocenters. The van der Waals surface area contributed by atoms with Crippen LogP contribution in [0.3, 0.4) is 0 Å². The normalized spacial score (nSPS) is 19.8. The quantitative estimate of drug-likeness (QED) is 0.819. The lowest BCUT2D eigenvalue weighted by Gasteiger charge is -2.33. The van der Waals surface area contributed by atoms with Gasteiger partial charge in [0.25, 0.3) is 0 Å². The summed E-state index contributed by atoms with van der Waals surface area (Å²) in [6.07, 6.45) is 3.93. The van der Waals surface area contributed by atoms with Crippen LogP contribution < -0.4 is 10.6 Å². The molecule has 1 atom stereocenters. The molecule has 1 aromatic rings. The molecule has 2 heterocycles. The molecule has 1 fully saturated rings. The van der Waals surface area contributed by atoms with Crippen molar-refractivity contribution in [2.75, 3.05) is 31.7 Å². The molecule has 18 heavy (non-hydrogen) atoms. The molecule has 2 N–H and O–H groups in total. The summed E-state index contributed by atoms with van der Waals surface area (Å²) < 4.78 is 5.23. The van der Waals surface area contributed by atoms with Gasteiger partial charge in [-0.15, -0.1) is 5.10 Å². The van der Waals surface area contributed by atoms with Gasteiger partial charge in [-0.25, -0.2) is 0 Å². The van der Waals surface area contributed by atoms with E-state index in [0.717, 1.165) is 37.5 Å². The third-order valence-electron chi connectivity index (χ3n) is 3.19. The van der Waals surface area contributed by atoms with E-state index in [9.17, 15) is 0 Å². The lowest BCUT2D eigenvalue weighted by atomic mass is 9.98. The van der Waals surface area contributed by atoms with Gasteiger partial charge in [-0.1, -0.05) is 12.2 Å². The van der Waals surface area contributed by atoms with E-state index in [0.29, 0.717) is 10.9 Å². The number of rotatable bonds is 4. The summed E-state index contributed by atoms with van der Waals surface area (Å²) in [4.78, 5) is 2.57. The minimum Gasteiger partial charge on any atom is -0.389 e. The molecule has 6 heteroatoms. The van der Waals surface area contributed by atoms with Gasteiger partial charge in [-0.05, 0) is 24.8 Å². The fourth-order valence-electron chi connectivity index (χ4n) is 2.38. The summed E-state index contributed by atoms with van der Waals surface area (Å²) >= 11 is 5.06. The van der Waals surface area contributed by atoms with Crippen molar-refractivity contribution in [3.8, 4) is 0 Å². The Morgan fingerprint density at radius 1 is 1.67 bits per heavy atom. The summed E-state index contributed by atoms with van der Waals surface area (Å²) in [5.41, 5.74) is 6.53. The first-order valence-corrected chi connectivity index (χ1v) is 6.48. The predicted octanol–water partition coefficient (Wildman–Crippen LogP) is 0.974. The molecule has 1 aliphatic rings. The Kier molecular flexibility index (Phi) is 4.43. The summed E-state index contributed by atoms with van der Waals surface area (Å²) in [6.45, 7) is 2.66. The number of nitrogens with two attached hydrogens (primary N) is 1. The number of aromatic nitrogens is 2. The Morgan fingerprint density at radius 3 is 3.22 bits per heavy atom. The van der Waals surface area contributed by atoms with E-state index in [1.807, 2.05) is 6.07 Å². The summed E-state index contributed by atoms with van der Waals surface area (Å²) in [5, 5.41) is 8.12. The molecule has 0 bridgehead atoms. The zero-order valence-electron chi connectivity index (χ0n) is 10.5. The molecule has 0 saturated carbocycles. The van der Waals surface area contributed by atoms with Crippen LogP contribution in [0.1, 0.15) is 18.4 Å². The fraction of sp³-hybridized carbons (Fsp3) is 0.583. The van der Waals surface area contributed by atoms with Gasteiger partial charge in [0, 0.05) is 20.2 Å². The molecule has 2 rings (SSSR count). The third-order valence-corrected chi connectivity index (χ3v) is 3.41. The van der Waals surface area contributed by atoms with E-state index in [4.69, 9.17) is 22.7 Å². The Bertz CT molecular complexity index is 424. The maximum atomic E-state index is 5.73. The monoisotopic (exact) mass is 266 g/mol. The average Bonchev–Trinajstić information content (AvgIpc) is 2.39. The number of nitrogens with zero attached hydrogens (tertiary/aromatic N) is 3. The molecular formula is C12H18N4OS. The topological polar surface area (TPSA) is 64.3 Å². The molecule has 0 spiro atoms. The third kappa shape index (κ3) is 2.94. The fourth-order valence-corrected chi connectivity index (χ4v) is 2.54. The van der Waals surface area contributed by atoms with E-state index in [2.05, 4.69) is 15.1 Å². The molecule has 0 aromatic carbocycles. The maximum absolute atomic E-state index is 5.73. The highest BCUT2D eigenvalue weighted by atomic mass is 32.1. The Labute approximate surface area is 112 Å². The molecule has 98 valence electrons. The Morgan fingerprint density at radius 2 is 2.50 bits per heavy atom. The van der Waals surface area contributed by atoms with Crippen molar-refractivity contribution in [3.05, 3.63) is 17.8 Å². The molecule has 0 radical (unpaired) electrons. The van der Waals surface area contributed by atoms with E-state index < -0.39 is 0 Å². The van der Waals surface area contributed by atoms with Crippen LogP contribution in [0.2, 0.25) is 0 Å². The van der Waals surface area contributed by atoms with Crippen molar-refractivity contribution in [3.63, 3.8) is 0 Å². The van der Waals surface area contributed by atoms with Gasteiger partial charge in [0.05, 0.1) is 18.4 Å². The first-order chi connectivity index (χ1) is 8.72. The zero-order valence-corrected chi connectivity index (χ0v) is 11.3. The van der Waals surface area contributed by atoms with Crippen LogP contribution in [0.15, 0.2) is 12.3 Å². The van der Waals surface area contributed by atoms with Gasteiger partial charge in [0.15, 0.2) is 5.82 Å². The predicted molar refractivity (Wildman–Crippen MR) is 74.7 cm³/mol. The molecule has 5 nitrogen and oxygen atoms in total. The lowest BCUT2D eigenvalue weighted by molar-refractivity contribution is 0.143. The molecule has 1 saturated heterocycles. The highest BCUT2D eigenvalue weighted by Gasteiger charge is 2.23. The van der Waals surface area contributed by atoms with Crippen LogP contribution in [0.25, 0.3) is 0 Å². The second kappa shape index (κ2) is 6.06. The first kappa shape index (κ1) is 13.2. The van der Waals surface area contributed by atoms with E-state index in [1.165, 1.54) is 6.42 Å². The second-order valence-electron chi connectivity index (χ2n) is 4.54. The Hall–Kier alpha value is -1.27. The van der Waals surface area contributed by atoms with Gasteiger partial charge >= 0.3 is 0 Å². The standard InChI is InChI=1S/C12H18N4OS/c1-17-8-9-3-2-6-16(7-9)12-10(11(13)18)4-5-14-15-12/h4-5,9H,2-3,6-8H2,1H3,(H2,13,18). The van der Waals surface area contributed by atoms with Crippen molar-refractivity contribution in [1.82, 2.24) is 10.2 Å². The summed E-state index contributed by atoms with van der Waals surface area (Å²) in [7, 11) is 1.74. The molecule has 0 aliphatic carbocycles. The highest BCUT2D eigenvalue weighted by molar-refractivity contribution is 7.80. The smallest absolute Gasteiger partial charge is 0.161 e. The Balaban J connectivity index is 2.18. The summed E-state index contributed by atoms with van der Waals surface area (Å²) in [5.74, 6) is 1.33. The highest BCUT2D eigenvalue weighted by Crippen LogP contribution is 2.24. The van der Waals surface area contributed by atoms with Crippen molar-refractivity contribution in [1.29, 1.82) is 0 Å². The van der Waals surface area contributed by atoms with Crippen LogP contribution in [0, 0.1) is 5.92 Å².